The number of benzene rings is 1. The zero-order valence-corrected chi connectivity index (χ0v) is 11.9. The van der Waals surface area contributed by atoms with Gasteiger partial charge in [-0.05, 0) is 24.6 Å². The SMILES string of the molecule is CCC1(O)CN(S(=O)(=O)c2ccc(C#N)cc2Cl)C1. The number of β-amino-alcohol motifs (C(OH)–C–C–N with tert-alkyl or cyclic N) is 1. The van der Waals surface area contributed by atoms with Gasteiger partial charge < -0.3 is 5.11 Å². The summed E-state index contributed by atoms with van der Waals surface area (Å²) >= 11 is 5.90. The fraction of sp³-hybridized carbons (Fsp3) is 0.417. The molecule has 1 aromatic carbocycles. The number of hydrogen-bond acceptors (Lipinski definition) is 4. The average Bonchev–Trinajstić information content (AvgIpc) is 2.34. The first-order valence-electron chi connectivity index (χ1n) is 5.74. The third-order valence-electron chi connectivity index (χ3n) is 3.28. The average molecular weight is 301 g/mol. The molecule has 0 amide bonds. The summed E-state index contributed by atoms with van der Waals surface area (Å²) in [6, 6.07) is 5.94. The summed E-state index contributed by atoms with van der Waals surface area (Å²) in [5.74, 6) is 0. The van der Waals surface area contributed by atoms with E-state index >= 15 is 0 Å². The standard InChI is InChI=1S/C12H13ClN2O3S/c1-2-12(16)7-15(8-12)19(17,18)11-4-3-9(6-14)5-10(11)13/h3-5,16H,2,7-8H2,1H3. The molecule has 1 saturated heterocycles. The van der Waals surface area contributed by atoms with Gasteiger partial charge in [0.25, 0.3) is 0 Å². The summed E-state index contributed by atoms with van der Waals surface area (Å²) in [7, 11) is -3.71. The lowest BCUT2D eigenvalue weighted by atomic mass is 9.94. The number of rotatable bonds is 3. The minimum absolute atomic E-state index is 0.0194. The van der Waals surface area contributed by atoms with Crippen LogP contribution in [-0.4, -0.2) is 36.5 Å². The maximum absolute atomic E-state index is 12.3. The maximum Gasteiger partial charge on any atom is 0.244 e. The van der Waals surface area contributed by atoms with Crippen molar-refractivity contribution in [3.63, 3.8) is 0 Å². The maximum atomic E-state index is 12.3. The quantitative estimate of drug-likeness (QED) is 0.914. The third kappa shape index (κ3) is 2.47. The predicted octanol–water partition coefficient (Wildman–Crippen LogP) is 1.36. The Morgan fingerprint density at radius 3 is 2.63 bits per heavy atom. The van der Waals surface area contributed by atoms with Crippen molar-refractivity contribution in [3.05, 3.63) is 28.8 Å². The molecule has 0 aromatic heterocycles. The Labute approximate surface area is 117 Å². The van der Waals surface area contributed by atoms with Crippen LogP contribution in [0, 0.1) is 11.3 Å². The van der Waals surface area contributed by atoms with E-state index in [9.17, 15) is 13.5 Å². The van der Waals surface area contributed by atoms with Crippen molar-refractivity contribution in [2.24, 2.45) is 0 Å². The number of aliphatic hydroxyl groups is 1. The van der Waals surface area contributed by atoms with Crippen molar-refractivity contribution < 1.29 is 13.5 Å². The van der Waals surface area contributed by atoms with Gasteiger partial charge in [0, 0.05) is 13.1 Å². The van der Waals surface area contributed by atoms with Crippen LogP contribution in [-0.2, 0) is 10.0 Å². The van der Waals surface area contributed by atoms with E-state index in [1.165, 1.54) is 22.5 Å². The van der Waals surface area contributed by atoms with Gasteiger partial charge in [-0.15, -0.1) is 0 Å². The molecule has 1 fully saturated rings. The van der Waals surface area contributed by atoms with E-state index in [1.54, 1.807) is 6.92 Å². The molecule has 1 aromatic rings. The van der Waals surface area contributed by atoms with Crippen LogP contribution >= 0.6 is 11.6 Å². The second-order valence-corrected chi connectivity index (χ2v) is 6.92. The highest BCUT2D eigenvalue weighted by Gasteiger charge is 2.46. The molecule has 0 unspecified atom stereocenters. The highest BCUT2D eigenvalue weighted by Crippen LogP contribution is 2.33. The van der Waals surface area contributed by atoms with Gasteiger partial charge in [0.2, 0.25) is 10.0 Å². The summed E-state index contributed by atoms with van der Waals surface area (Å²) in [6.07, 6.45) is 0.500. The van der Waals surface area contributed by atoms with Gasteiger partial charge in [0.1, 0.15) is 4.90 Å². The zero-order valence-electron chi connectivity index (χ0n) is 10.3. The minimum Gasteiger partial charge on any atom is -0.387 e. The van der Waals surface area contributed by atoms with E-state index < -0.39 is 15.6 Å². The second kappa shape index (κ2) is 4.76. The normalized spacial score (nSPS) is 18.6. The molecular formula is C12H13ClN2O3S. The molecule has 1 aliphatic rings. The van der Waals surface area contributed by atoms with Crippen LogP contribution in [0.2, 0.25) is 5.02 Å². The molecular weight excluding hydrogens is 288 g/mol. The smallest absolute Gasteiger partial charge is 0.244 e. The minimum atomic E-state index is -3.71. The number of hydrogen-bond donors (Lipinski definition) is 1. The molecule has 0 atom stereocenters. The lowest BCUT2D eigenvalue weighted by molar-refractivity contribution is -0.0613. The largest absolute Gasteiger partial charge is 0.387 e. The van der Waals surface area contributed by atoms with Crippen molar-refractivity contribution in [2.45, 2.75) is 23.8 Å². The van der Waals surface area contributed by atoms with Gasteiger partial charge in [0.05, 0.1) is 22.3 Å². The van der Waals surface area contributed by atoms with E-state index in [0.29, 0.717) is 12.0 Å². The summed E-state index contributed by atoms with van der Waals surface area (Å²) < 4.78 is 25.8. The molecule has 102 valence electrons. The van der Waals surface area contributed by atoms with E-state index in [1.807, 2.05) is 6.07 Å². The van der Waals surface area contributed by atoms with E-state index in [4.69, 9.17) is 16.9 Å². The molecule has 0 saturated carbocycles. The van der Waals surface area contributed by atoms with Crippen molar-refractivity contribution >= 4 is 21.6 Å². The first kappa shape index (κ1) is 14.3. The number of sulfonamides is 1. The molecule has 7 heteroatoms. The molecule has 1 heterocycles. The lowest BCUT2D eigenvalue weighted by Crippen LogP contribution is -2.62. The fourth-order valence-corrected chi connectivity index (χ4v) is 4.04. The zero-order chi connectivity index (χ0) is 14.3. The molecule has 0 radical (unpaired) electrons. The van der Waals surface area contributed by atoms with Crippen molar-refractivity contribution in [3.8, 4) is 6.07 Å². The van der Waals surface area contributed by atoms with Crippen LogP contribution in [0.5, 0.6) is 0 Å². The molecule has 1 N–H and O–H groups in total. The molecule has 19 heavy (non-hydrogen) atoms. The van der Waals surface area contributed by atoms with Crippen molar-refractivity contribution in [1.82, 2.24) is 4.31 Å². The Hall–Kier alpha value is -1.13. The summed E-state index contributed by atoms with van der Waals surface area (Å²) in [5.41, 5.74) is -0.635. The second-order valence-electron chi connectivity index (χ2n) is 4.61. The Bertz CT molecular complexity index is 645. The molecule has 5 nitrogen and oxygen atoms in total. The first-order chi connectivity index (χ1) is 8.82. The van der Waals surface area contributed by atoms with Crippen LogP contribution in [0.25, 0.3) is 0 Å². The number of halogens is 1. The molecule has 0 aliphatic carbocycles. The Morgan fingerprint density at radius 2 is 2.16 bits per heavy atom. The Morgan fingerprint density at radius 1 is 1.53 bits per heavy atom. The van der Waals surface area contributed by atoms with E-state index in [-0.39, 0.29) is 23.0 Å². The van der Waals surface area contributed by atoms with Crippen LogP contribution in [0.4, 0.5) is 0 Å². The highest BCUT2D eigenvalue weighted by molar-refractivity contribution is 7.89. The van der Waals surface area contributed by atoms with Crippen LogP contribution in [0.3, 0.4) is 0 Å². The summed E-state index contributed by atoms with van der Waals surface area (Å²) in [6.45, 7) is 1.95. The van der Waals surface area contributed by atoms with Crippen LogP contribution < -0.4 is 0 Å². The fourth-order valence-electron chi connectivity index (χ4n) is 1.92. The van der Waals surface area contributed by atoms with Gasteiger partial charge in [-0.3, -0.25) is 0 Å². The van der Waals surface area contributed by atoms with Gasteiger partial charge in [-0.1, -0.05) is 18.5 Å². The summed E-state index contributed by atoms with van der Waals surface area (Å²) in [4.78, 5) is -0.0358. The third-order valence-corrected chi connectivity index (χ3v) is 5.55. The van der Waals surface area contributed by atoms with E-state index in [0.717, 1.165) is 0 Å². The van der Waals surface area contributed by atoms with Gasteiger partial charge in [0.15, 0.2) is 0 Å². The Balaban J connectivity index is 2.30. The molecule has 1 aliphatic heterocycles. The van der Waals surface area contributed by atoms with Crippen LogP contribution in [0.1, 0.15) is 18.9 Å². The van der Waals surface area contributed by atoms with Crippen molar-refractivity contribution in [1.29, 1.82) is 5.26 Å². The molecule has 0 spiro atoms. The molecule has 2 rings (SSSR count). The highest BCUT2D eigenvalue weighted by atomic mass is 35.5. The molecule has 0 bridgehead atoms. The van der Waals surface area contributed by atoms with Gasteiger partial charge in [-0.2, -0.15) is 9.57 Å². The Kier molecular flexibility index (Phi) is 3.58. The number of nitrogens with zero attached hydrogens (tertiary/aromatic N) is 2. The summed E-state index contributed by atoms with van der Waals surface area (Å²) in [5, 5.41) is 18.6. The van der Waals surface area contributed by atoms with Gasteiger partial charge >= 0.3 is 0 Å². The van der Waals surface area contributed by atoms with Crippen LogP contribution in [0.15, 0.2) is 23.1 Å². The lowest BCUT2D eigenvalue weighted by Gasteiger charge is -2.44. The van der Waals surface area contributed by atoms with Gasteiger partial charge in [-0.25, -0.2) is 8.42 Å². The first-order valence-corrected chi connectivity index (χ1v) is 7.56. The monoisotopic (exact) mass is 300 g/mol. The van der Waals surface area contributed by atoms with E-state index in [2.05, 4.69) is 0 Å². The number of nitriles is 1. The van der Waals surface area contributed by atoms with Crippen molar-refractivity contribution in [2.75, 3.05) is 13.1 Å². The topological polar surface area (TPSA) is 81.4 Å². The predicted molar refractivity (Wildman–Crippen MR) is 70.2 cm³/mol.